The Bertz CT molecular complexity index is 885. The van der Waals surface area contributed by atoms with Crippen molar-refractivity contribution in [3.05, 3.63) is 47.2 Å². The van der Waals surface area contributed by atoms with Crippen LogP contribution in [0.15, 0.2) is 41.1 Å². The number of aromatic nitrogens is 2. The maximum Gasteiger partial charge on any atom is 0.246 e. The van der Waals surface area contributed by atoms with Crippen LogP contribution in [-0.2, 0) is 11.2 Å². The highest BCUT2D eigenvalue weighted by Gasteiger charge is 2.10. The van der Waals surface area contributed by atoms with E-state index >= 15 is 0 Å². The molecule has 0 unspecified atom stereocenters. The van der Waals surface area contributed by atoms with E-state index in [0.29, 0.717) is 22.7 Å². The predicted molar refractivity (Wildman–Crippen MR) is 91.8 cm³/mol. The lowest BCUT2D eigenvalue weighted by atomic mass is 10.1. The molecule has 0 aliphatic heterocycles. The molecule has 0 bridgehead atoms. The van der Waals surface area contributed by atoms with Crippen LogP contribution in [0.25, 0.3) is 4.96 Å². The Morgan fingerprint density at radius 2 is 2.33 bits per heavy atom. The van der Waals surface area contributed by atoms with Gasteiger partial charge in [0.15, 0.2) is 4.96 Å². The average Bonchev–Trinajstić information content (AvgIpc) is 3.13. The number of carbonyl (C=O) groups excluding carboxylic acids is 1. The molecule has 1 amide bonds. The molecule has 2 heterocycles. The zero-order valence-electron chi connectivity index (χ0n) is 13.2. The van der Waals surface area contributed by atoms with Crippen molar-refractivity contribution in [3.63, 3.8) is 0 Å². The summed E-state index contributed by atoms with van der Waals surface area (Å²) in [4.78, 5) is 17.2. The number of nitrogens with zero attached hydrogens (tertiary/aromatic N) is 3. The standard InChI is InChI=1S/C16H16N4O3S/c1-10(13-4-3-12(23-2)8-14(13)21)18-19-15(22)7-11-9-20-5-6-24-16(20)17-11/h3-6,8-9,21H,7H2,1-2H3,(H,19,22). The summed E-state index contributed by atoms with van der Waals surface area (Å²) in [6, 6.07) is 4.89. The fourth-order valence-electron chi connectivity index (χ4n) is 2.22. The average molecular weight is 344 g/mol. The van der Waals surface area contributed by atoms with Crippen LogP contribution in [0.3, 0.4) is 0 Å². The van der Waals surface area contributed by atoms with E-state index in [9.17, 15) is 9.90 Å². The van der Waals surface area contributed by atoms with Crippen LogP contribution in [0, 0.1) is 0 Å². The van der Waals surface area contributed by atoms with Crippen molar-refractivity contribution in [2.45, 2.75) is 13.3 Å². The summed E-state index contributed by atoms with van der Waals surface area (Å²) < 4.78 is 6.91. The molecule has 1 aromatic carbocycles. The van der Waals surface area contributed by atoms with E-state index in [1.165, 1.54) is 24.5 Å². The summed E-state index contributed by atoms with van der Waals surface area (Å²) in [5.74, 6) is 0.320. The quantitative estimate of drug-likeness (QED) is 0.548. The van der Waals surface area contributed by atoms with Gasteiger partial charge in [0.25, 0.3) is 0 Å². The lowest BCUT2D eigenvalue weighted by molar-refractivity contribution is -0.120. The van der Waals surface area contributed by atoms with Crippen LogP contribution in [0.5, 0.6) is 11.5 Å². The lowest BCUT2D eigenvalue weighted by Crippen LogP contribution is -2.21. The van der Waals surface area contributed by atoms with Gasteiger partial charge in [-0.1, -0.05) is 0 Å². The number of imidazole rings is 1. The molecule has 0 aliphatic carbocycles. The first-order valence-corrected chi connectivity index (χ1v) is 8.06. The molecule has 24 heavy (non-hydrogen) atoms. The summed E-state index contributed by atoms with van der Waals surface area (Å²) in [7, 11) is 1.52. The van der Waals surface area contributed by atoms with Gasteiger partial charge in [-0.15, -0.1) is 11.3 Å². The minimum absolute atomic E-state index is 0.0409. The number of hydrogen-bond donors (Lipinski definition) is 2. The van der Waals surface area contributed by atoms with Gasteiger partial charge in [0.05, 0.1) is 24.9 Å². The van der Waals surface area contributed by atoms with Crippen LogP contribution in [0.4, 0.5) is 0 Å². The van der Waals surface area contributed by atoms with Gasteiger partial charge >= 0.3 is 0 Å². The van der Waals surface area contributed by atoms with E-state index in [1.807, 2.05) is 22.2 Å². The Labute approximate surface area is 142 Å². The summed E-state index contributed by atoms with van der Waals surface area (Å²) in [5, 5.41) is 15.9. The van der Waals surface area contributed by atoms with E-state index in [1.54, 1.807) is 19.1 Å². The number of ether oxygens (including phenoxy) is 1. The first-order chi connectivity index (χ1) is 11.6. The lowest BCUT2D eigenvalue weighted by Gasteiger charge is -2.06. The van der Waals surface area contributed by atoms with Crippen molar-refractivity contribution in [1.82, 2.24) is 14.8 Å². The molecule has 0 aliphatic rings. The normalized spacial score (nSPS) is 11.7. The molecule has 0 spiro atoms. The molecule has 2 N–H and O–H groups in total. The third kappa shape index (κ3) is 3.38. The third-order valence-corrected chi connectivity index (χ3v) is 4.20. The van der Waals surface area contributed by atoms with Crippen LogP contribution in [0.2, 0.25) is 0 Å². The van der Waals surface area contributed by atoms with Crippen molar-refractivity contribution >= 4 is 27.9 Å². The Hall–Kier alpha value is -2.87. The monoisotopic (exact) mass is 344 g/mol. The second kappa shape index (κ2) is 6.71. The molecule has 7 nitrogen and oxygen atoms in total. The number of thiazole rings is 1. The summed E-state index contributed by atoms with van der Waals surface area (Å²) in [6.07, 6.45) is 3.85. The van der Waals surface area contributed by atoms with E-state index in [0.717, 1.165) is 4.96 Å². The summed E-state index contributed by atoms with van der Waals surface area (Å²) in [6.45, 7) is 1.70. The number of aromatic hydroxyl groups is 1. The van der Waals surface area contributed by atoms with Crippen LogP contribution < -0.4 is 10.2 Å². The number of phenolic OH excluding ortho intramolecular Hbond substituents is 1. The minimum Gasteiger partial charge on any atom is -0.507 e. The number of rotatable bonds is 5. The number of hydrogen-bond acceptors (Lipinski definition) is 6. The number of phenols is 1. The topological polar surface area (TPSA) is 88.2 Å². The molecule has 0 atom stereocenters. The highest BCUT2D eigenvalue weighted by Crippen LogP contribution is 2.23. The van der Waals surface area contributed by atoms with Crippen LogP contribution in [-0.4, -0.2) is 33.2 Å². The fraction of sp³-hybridized carbons (Fsp3) is 0.188. The highest BCUT2D eigenvalue weighted by atomic mass is 32.1. The van der Waals surface area contributed by atoms with E-state index < -0.39 is 0 Å². The van der Waals surface area contributed by atoms with Gasteiger partial charge in [-0.3, -0.25) is 9.20 Å². The number of benzene rings is 1. The molecule has 0 fully saturated rings. The molecule has 0 radical (unpaired) electrons. The van der Waals surface area contributed by atoms with Gasteiger partial charge in [-0.05, 0) is 19.1 Å². The number of amides is 1. The number of hydrazone groups is 1. The molecular formula is C16H16N4O3S. The fourth-order valence-corrected chi connectivity index (χ4v) is 2.94. The van der Waals surface area contributed by atoms with Crippen LogP contribution >= 0.6 is 11.3 Å². The van der Waals surface area contributed by atoms with Crippen molar-refractivity contribution in [1.29, 1.82) is 0 Å². The van der Waals surface area contributed by atoms with Gasteiger partial charge in [0.2, 0.25) is 5.91 Å². The number of carbonyl (C=O) groups is 1. The van der Waals surface area contributed by atoms with E-state index in [-0.39, 0.29) is 18.1 Å². The molecule has 124 valence electrons. The first-order valence-electron chi connectivity index (χ1n) is 7.18. The Morgan fingerprint density at radius 1 is 1.50 bits per heavy atom. The number of methoxy groups -OCH3 is 1. The maximum atomic E-state index is 12.0. The third-order valence-electron chi connectivity index (χ3n) is 3.43. The Morgan fingerprint density at radius 3 is 3.04 bits per heavy atom. The van der Waals surface area contributed by atoms with Gasteiger partial charge in [0.1, 0.15) is 11.5 Å². The molecule has 0 saturated carbocycles. The Balaban J connectivity index is 1.65. The molecule has 3 aromatic rings. The van der Waals surface area contributed by atoms with Gasteiger partial charge in [0, 0.05) is 29.4 Å². The maximum absolute atomic E-state index is 12.0. The second-order valence-corrected chi connectivity index (χ2v) is 5.99. The van der Waals surface area contributed by atoms with E-state index in [2.05, 4.69) is 15.5 Å². The largest absolute Gasteiger partial charge is 0.507 e. The van der Waals surface area contributed by atoms with Crippen molar-refractivity contribution in [2.75, 3.05) is 7.11 Å². The zero-order valence-corrected chi connectivity index (χ0v) is 14.0. The first kappa shape index (κ1) is 16.0. The highest BCUT2D eigenvalue weighted by molar-refractivity contribution is 7.15. The predicted octanol–water partition coefficient (Wildman–Crippen LogP) is 2.19. The smallest absolute Gasteiger partial charge is 0.246 e. The van der Waals surface area contributed by atoms with E-state index in [4.69, 9.17) is 4.74 Å². The molecule has 3 rings (SSSR count). The van der Waals surface area contributed by atoms with Crippen molar-refractivity contribution in [2.24, 2.45) is 5.10 Å². The SMILES string of the molecule is COc1ccc(C(C)=NNC(=O)Cc2cn3ccsc3n2)c(O)c1. The Kier molecular flexibility index (Phi) is 4.48. The van der Waals surface area contributed by atoms with Crippen molar-refractivity contribution in [3.8, 4) is 11.5 Å². The summed E-state index contributed by atoms with van der Waals surface area (Å²) >= 11 is 1.51. The molecular weight excluding hydrogens is 328 g/mol. The number of fused-ring (bicyclic) bond motifs is 1. The second-order valence-electron chi connectivity index (χ2n) is 5.12. The minimum atomic E-state index is -0.270. The molecule has 8 heteroatoms. The van der Waals surface area contributed by atoms with Gasteiger partial charge < -0.3 is 9.84 Å². The van der Waals surface area contributed by atoms with Crippen LogP contribution in [0.1, 0.15) is 18.2 Å². The number of nitrogens with one attached hydrogen (secondary N) is 1. The zero-order chi connectivity index (χ0) is 17.1. The van der Waals surface area contributed by atoms with Gasteiger partial charge in [-0.25, -0.2) is 10.4 Å². The summed E-state index contributed by atoms with van der Waals surface area (Å²) in [5.41, 5.74) is 4.18. The van der Waals surface area contributed by atoms with Crippen molar-refractivity contribution < 1.29 is 14.6 Å². The molecule has 0 saturated heterocycles. The van der Waals surface area contributed by atoms with Gasteiger partial charge in [-0.2, -0.15) is 5.10 Å². The molecule has 2 aromatic heterocycles.